The zero-order valence-corrected chi connectivity index (χ0v) is 10.9. The molecule has 5 nitrogen and oxygen atoms in total. The molecule has 0 saturated heterocycles. The Hall–Kier alpha value is -2.14. The number of rotatable bonds is 5. The minimum atomic E-state index is -0.163. The lowest BCUT2D eigenvalue weighted by Crippen LogP contribution is -2.32. The highest BCUT2D eigenvalue weighted by Gasteiger charge is 2.10. The normalized spacial score (nSPS) is 12.1. The highest BCUT2D eigenvalue weighted by Crippen LogP contribution is 2.07. The first kappa shape index (κ1) is 13.3. The molecule has 0 saturated carbocycles. The molecule has 2 aromatic rings. The Labute approximate surface area is 112 Å². The predicted octanol–water partition coefficient (Wildman–Crippen LogP) is 1.08. The Bertz CT molecular complexity index is 535. The lowest BCUT2D eigenvalue weighted by Gasteiger charge is -2.08. The van der Waals surface area contributed by atoms with Gasteiger partial charge in [-0.2, -0.15) is 5.10 Å². The molecular formula is C14H18N4O. The molecule has 1 heterocycles. The molecule has 1 atom stereocenters. The average Bonchev–Trinajstić information content (AvgIpc) is 2.93. The summed E-state index contributed by atoms with van der Waals surface area (Å²) in [4.78, 5) is 11.6. The lowest BCUT2D eigenvalue weighted by atomic mass is 10.1. The summed E-state index contributed by atoms with van der Waals surface area (Å²) >= 11 is 0. The second kappa shape index (κ2) is 6.15. The van der Waals surface area contributed by atoms with Gasteiger partial charge in [0.25, 0.3) is 0 Å². The lowest BCUT2D eigenvalue weighted by molar-refractivity contribution is -0.124. The van der Waals surface area contributed by atoms with Crippen molar-refractivity contribution in [1.82, 2.24) is 15.1 Å². The summed E-state index contributed by atoms with van der Waals surface area (Å²) in [5.74, 6) is -0.195. The zero-order chi connectivity index (χ0) is 13.7. The highest BCUT2D eigenvalue weighted by atomic mass is 16.1. The second-order valence-electron chi connectivity index (χ2n) is 4.48. The fourth-order valence-corrected chi connectivity index (χ4v) is 1.64. The van der Waals surface area contributed by atoms with Crippen LogP contribution in [0.25, 0.3) is 5.69 Å². The van der Waals surface area contributed by atoms with Crippen molar-refractivity contribution in [3.05, 3.63) is 48.3 Å². The van der Waals surface area contributed by atoms with E-state index in [0.29, 0.717) is 13.1 Å². The van der Waals surface area contributed by atoms with Crippen LogP contribution in [0.2, 0.25) is 0 Å². The smallest absolute Gasteiger partial charge is 0.224 e. The van der Waals surface area contributed by atoms with E-state index in [1.54, 1.807) is 10.9 Å². The van der Waals surface area contributed by atoms with Crippen LogP contribution in [0.1, 0.15) is 12.5 Å². The van der Waals surface area contributed by atoms with Gasteiger partial charge in [-0.25, -0.2) is 4.68 Å². The summed E-state index contributed by atoms with van der Waals surface area (Å²) in [7, 11) is 0. The summed E-state index contributed by atoms with van der Waals surface area (Å²) in [6.07, 6.45) is 3.66. The molecule has 100 valence electrons. The van der Waals surface area contributed by atoms with Crippen molar-refractivity contribution in [2.45, 2.75) is 13.5 Å². The van der Waals surface area contributed by atoms with Gasteiger partial charge in [-0.3, -0.25) is 4.79 Å². The second-order valence-corrected chi connectivity index (χ2v) is 4.48. The largest absolute Gasteiger partial charge is 0.352 e. The predicted molar refractivity (Wildman–Crippen MR) is 73.6 cm³/mol. The van der Waals surface area contributed by atoms with E-state index >= 15 is 0 Å². The van der Waals surface area contributed by atoms with Gasteiger partial charge in [0.1, 0.15) is 0 Å². The van der Waals surface area contributed by atoms with Crippen molar-refractivity contribution < 1.29 is 4.79 Å². The summed E-state index contributed by atoms with van der Waals surface area (Å²) in [6.45, 7) is 2.63. The first-order chi connectivity index (χ1) is 9.20. The van der Waals surface area contributed by atoms with Crippen LogP contribution in [-0.2, 0) is 11.3 Å². The molecule has 1 aromatic heterocycles. The summed E-state index contributed by atoms with van der Waals surface area (Å²) < 4.78 is 1.79. The van der Waals surface area contributed by atoms with Crippen LogP contribution < -0.4 is 11.1 Å². The number of hydrogen-bond donors (Lipinski definition) is 2. The Morgan fingerprint density at radius 3 is 2.84 bits per heavy atom. The number of carbonyl (C=O) groups excluding carboxylic acids is 1. The molecule has 0 aliphatic rings. The molecule has 3 N–H and O–H groups in total. The van der Waals surface area contributed by atoms with Crippen LogP contribution in [0.4, 0.5) is 0 Å². The first-order valence-corrected chi connectivity index (χ1v) is 6.27. The topological polar surface area (TPSA) is 72.9 Å². The van der Waals surface area contributed by atoms with Crippen molar-refractivity contribution in [3.63, 3.8) is 0 Å². The number of nitrogens with zero attached hydrogens (tertiary/aromatic N) is 2. The fraction of sp³-hybridized carbons (Fsp3) is 0.286. The van der Waals surface area contributed by atoms with Crippen LogP contribution in [0.15, 0.2) is 42.7 Å². The maximum absolute atomic E-state index is 11.6. The van der Waals surface area contributed by atoms with Gasteiger partial charge < -0.3 is 11.1 Å². The van der Waals surface area contributed by atoms with Crippen LogP contribution >= 0.6 is 0 Å². The molecule has 0 radical (unpaired) electrons. The van der Waals surface area contributed by atoms with E-state index in [2.05, 4.69) is 10.4 Å². The molecule has 0 aliphatic carbocycles. The van der Waals surface area contributed by atoms with Gasteiger partial charge in [0.2, 0.25) is 5.91 Å². The SMILES string of the molecule is CC(CN)C(=O)NCc1cnn(-c2ccccc2)c1. The molecular weight excluding hydrogens is 240 g/mol. The molecule has 2 rings (SSSR count). The van der Waals surface area contributed by atoms with Crippen LogP contribution in [0.3, 0.4) is 0 Å². The van der Waals surface area contributed by atoms with Crippen molar-refractivity contribution in [2.24, 2.45) is 11.7 Å². The number of hydrogen-bond acceptors (Lipinski definition) is 3. The minimum Gasteiger partial charge on any atom is -0.352 e. The van der Waals surface area contributed by atoms with Gasteiger partial charge in [-0.15, -0.1) is 0 Å². The van der Waals surface area contributed by atoms with E-state index in [4.69, 9.17) is 5.73 Å². The summed E-state index contributed by atoms with van der Waals surface area (Å²) in [6, 6.07) is 9.84. The standard InChI is InChI=1S/C14H18N4O/c1-11(7-15)14(19)16-8-12-9-17-18(10-12)13-5-3-2-4-6-13/h2-6,9-11H,7-8,15H2,1H3,(H,16,19). The highest BCUT2D eigenvalue weighted by molar-refractivity contribution is 5.78. The van der Waals surface area contributed by atoms with E-state index in [-0.39, 0.29) is 11.8 Å². The van der Waals surface area contributed by atoms with Crippen LogP contribution in [0.5, 0.6) is 0 Å². The van der Waals surface area contributed by atoms with Gasteiger partial charge >= 0.3 is 0 Å². The third kappa shape index (κ3) is 3.42. The number of nitrogens with one attached hydrogen (secondary N) is 1. The van der Waals surface area contributed by atoms with E-state index in [0.717, 1.165) is 11.3 Å². The Morgan fingerprint density at radius 1 is 1.42 bits per heavy atom. The molecule has 1 aromatic carbocycles. The fourth-order valence-electron chi connectivity index (χ4n) is 1.64. The third-order valence-electron chi connectivity index (χ3n) is 2.92. The molecule has 1 unspecified atom stereocenters. The average molecular weight is 258 g/mol. The number of amides is 1. The Morgan fingerprint density at radius 2 is 2.16 bits per heavy atom. The number of carbonyl (C=O) groups is 1. The van der Waals surface area contributed by atoms with Gasteiger partial charge in [0.15, 0.2) is 0 Å². The monoisotopic (exact) mass is 258 g/mol. The van der Waals surface area contributed by atoms with E-state index in [9.17, 15) is 4.79 Å². The first-order valence-electron chi connectivity index (χ1n) is 6.27. The van der Waals surface area contributed by atoms with E-state index in [1.807, 2.05) is 43.5 Å². The van der Waals surface area contributed by atoms with Crippen molar-refractivity contribution in [2.75, 3.05) is 6.54 Å². The minimum absolute atomic E-state index is 0.0324. The number of nitrogens with two attached hydrogens (primary N) is 1. The Kier molecular flexibility index (Phi) is 4.30. The maximum atomic E-state index is 11.6. The molecule has 0 bridgehead atoms. The van der Waals surface area contributed by atoms with Gasteiger partial charge in [-0.05, 0) is 12.1 Å². The molecule has 0 fully saturated rings. The van der Waals surface area contributed by atoms with E-state index in [1.165, 1.54) is 0 Å². The third-order valence-corrected chi connectivity index (χ3v) is 2.92. The van der Waals surface area contributed by atoms with E-state index < -0.39 is 0 Å². The molecule has 19 heavy (non-hydrogen) atoms. The van der Waals surface area contributed by atoms with Crippen molar-refractivity contribution in [1.29, 1.82) is 0 Å². The maximum Gasteiger partial charge on any atom is 0.224 e. The van der Waals surface area contributed by atoms with Gasteiger partial charge in [0.05, 0.1) is 11.9 Å². The molecule has 0 spiro atoms. The van der Waals surface area contributed by atoms with Gasteiger partial charge in [0, 0.05) is 30.8 Å². The number of benzene rings is 1. The Balaban J connectivity index is 1.97. The molecule has 5 heteroatoms. The van der Waals surface area contributed by atoms with Crippen molar-refractivity contribution >= 4 is 5.91 Å². The molecule has 0 aliphatic heterocycles. The van der Waals surface area contributed by atoms with Crippen LogP contribution in [0, 0.1) is 5.92 Å². The summed E-state index contributed by atoms with van der Waals surface area (Å²) in [5.41, 5.74) is 7.40. The number of aromatic nitrogens is 2. The van der Waals surface area contributed by atoms with Crippen molar-refractivity contribution in [3.8, 4) is 5.69 Å². The number of para-hydroxylation sites is 1. The molecule has 1 amide bonds. The quantitative estimate of drug-likeness (QED) is 0.843. The van der Waals surface area contributed by atoms with Crippen LogP contribution in [-0.4, -0.2) is 22.2 Å². The van der Waals surface area contributed by atoms with Gasteiger partial charge in [-0.1, -0.05) is 25.1 Å². The summed E-state index contributed by atoms with van der Waals surface area (Å²) in [5, 5.41) is 7.11. The zero-order valence-electron chi connectivity index (χ0n) is 10.9.